The smallest absolute Gasteiger partial charge is 0.0162 e. The van der Waals surface area contributed by atoms with Gasteiger partial charge in [-0.25, -0.2) is 0 Å². The molecule has 1 aliphatic rings. The highest BCUT2D eigenvalue weighted by Crippen LogP contribution is 2.18. The summed E-state index contributed by atoms with van der Waals surface area (Å²) < 4.78 is 0. The molecule has 0 bridgehead atoms. The van der Waals surface area contributed by atoms with Gasteiger partial charge in [0.15, 0.2) is 0 Å². The van der Waals surface area contributed by atoms with Crippen LogP contribution in [0.5, 0.6) is 0 Å². The van der Waals surface area contributed by atoms with Gasteiger partial charge in [0.1, 0.15) is 0 Å². The Morgan fingerprint density at radius 1 is 1.33 bits per heavy atom. The van der Waals surface area contributed by atoms with Crippen molar-refractivity contribution in [1.82, 2.24) is 4.90 Å². The molecule has 0 spiro atoms. The van der Waals surface area contributed by atoms with Crippen molar-refractivity contribution in [2.24, 2.45) is 5.92 Å². The zero-order valence-corrected chi connectivity index (χ0v) is 8.64. The van der Waals surface area contributed by atoms with E-state index in [1.165, 1.54) is 25.8 Å². The Hall–Kier alpha value is -0.300. The summed E-state index contributed by atoms with van der Waals surface area (Å²) in [6, 6.07) is 0. The Kier molecular flexibility index (Phi) is 3.80. The molecule has 1 aliphatic heterocycles. The van der Waals surface area contributed by atoms with Crippen molar-refractivity contribution in [3.05, 3.63) is 11.6 Å². The van der Waals surface area contributed by atoms with Gasteiger partial charge in [-0.3, -0.25) is 0 Å². The maximum Gasteiger partial charge on any atom is 0.0162 e. The second-order valence-electron chi connectivity index (χ2n) is 4.15. The van der Waals surface area contributed by atoms with E-state index >= 15 is 0 Å². The molecule has 0 N–H and O–H groups in total. The Morgan fingerprint density at radius 2 is 2.08 bits per heavy atom. The summed E-state index contributed by atoms with van der Waals surface area (Å²) >= 11 is 0. The monoisotopic (exact) mass is 167 g/mol. The van der Waals surface area contributed by atoms with Crippen molar-refractivity contribution in [3.8, 4) is 0 Å². The Bertz CT molecular complexity index is 158. The molecule has 0 saturated carbocycles. The van der Waals surface area contributed by atoms with Crippen LogP contribution in [0.15, 0.2) is 11.6 Å². The van der Waals surface area contributed by atoms with E-state index in [1.54, 1.807) is 5.57 Å². The van der Waals surface area contributed by atoms with Gasteiger partial charge in [-0.05, 0) is 38.8 Å². The molecule has 0 radical (unpaired) electrons. The summed E-state index contributed by atoms with van der Waals surface area (Å²) in [6.45, 7) is 7.01. The average Bonchev–Trinajstić information content (AvgIpc) is 1.97. The summed E-state index contributed by atoms with van der Waals surface area (Å²) in [5.41, 5.74) is 1.65. The van der Waals surface area contributed by atoms with E-state index in [-0.39, 0.29) is 0 Å². The summed E-state index contributed by atoms with van der Waals surface area (Å²) in [4.78, 5) is 2.40. The van der Waals surface area contributed by atoms with E-state index < -0.39 is 0 Å². The van der Waals surface area contributed by atoms with Gasteiger partial charge >= 0.3 is 0 Å². The number of allylic oxidation sites excluding steroid dienone is 1. The van der Waals surface area contributed by atoms with Crippen molar-refractivity contribution in [2.45, 2.75) is 33.1 Å². The van der Waals surface area contributed by atoms with Crippen LogP contribution in [-0.2, 0) is 0 Å². The maximum atomic E-state index is 2.42. The second kappa shape index (κ2) is 4.66. The lowest BCUT2D eigenvalue weighted by Gasteiger charge is -2.20. The first kappa shape index (κ1) is 9.79. The first-order chi connectivity index (χ1) is 5.70. The van der Waals surface area contributed by atoms with Crippen LogP contribution in [-0.4, -0.2) is 25.0 Å². The van der Waals surface area contributed by atoms with Crippen LogP contribution >= 0.6 is 0 Å². The molecule has 1 rings (SSSR count). The van der Waals surface area contributed by atoms with Crippen molar-refractivity contribution in [1.29, 1.82) is 0 Å². The van der Waals surface area contributed by atoms with Crippen LogP contribution in [0.2, 0.25) is 0 Å². The van der Waals surface area contributed by atoms with Gasteiger partial charge in [0, 0.05) is 6.54 Å². The van der Waals surface area contributed by atoms with Crippen molar-refractivity contribution in [3.63, 3.8) is 0 Å². The summed E-state index contributed by atoms with van der Waals surface area (Å²) in [6.07, 6.45) is 6.48. The standard InChI is InChI=1S/C11H21N/c1-10(2)11-6-4-5-8-12(3)9-7-11/h7,10H,4-6,8-9H2,1-3H3/b11-7+. The highest BCUT2D eigenvalue weighted by atomic mass is 15.1. The lowest BCUT2D eigenvalue weighted by atomic mass is 9.96. The molecule has 12 heavy (non-hydrogen) atoms. The van der Waals surface area contributed by atoms with Gasteiger partial charge < -0.3 is 4.90 Å². The molecule has 0 fully saturated rings. The molecular weight excluding hydrogens is 146 g/mol. The molecule has 0 atom stereocenters. The van der Waals surface area contributed by atoms with E-state index in [9.17, 15) is 0 Å². The van der Waals surface area contributed by atoms with Crippen LogP contribution in [0.3, 0.4) is 0 Å². The largest absolute Gasteiger partial charge is 0.303 e. The van der Waals surface area contributed by atoms with E-state index in [0.717, 1.165) is 12.5 Å². The first-order valence-corrected chi connectivity index (χ1v) is 5.07. The van der Waals surface area contributed by atoms with Crippen LogP contribution in [0, 0.1) is 5.92 Å². The van der Waals surface area contributed by atoms with Crippen LogP contribution in [0.25, 0.3) is 0 Å². The fourth-order valence-electron chi connectivity index (χ4n) is 1.70. The fourth-order valence-corrected chi connectivity index (χ4v) is 1.70. The third-order valence-electron chi connectivity index (χ3n) is 2.66. The Labute approximate surface area is 76.5 Å². The zero-order chi connectivity index (χ0) is 8.97. The summed E-state index contributed by atoms with van der Waals surface area (Å²) in [7, 11) is 2.21. The Balaban J connectivity index is 2.53. The normalized spacial score (nSPS) is 26.2. The first-order valence-electron chi connectivity index (χ1n) is 5.07. The summed E-state index contributed by atoms with van der Waals surface area (Å²) in [5.74, 6) is 0.747. The molecule has 0 aromatic rings. The number of hydrogen-bond acceptors (Lipinski definition) is 1. The minimum absolute atomic E-state index is 0.747. The molecule has 1 nitrogen and oxygen atoms in total. The fraction of sp³-hybridized carbons (Fsp3) is 0.818. The lowest BCUT2D eigenvalue weighted by Crippen LogP contribution is -2.21. The minimum atomic E-state index is 0.747. The molecule has 70 valence electrons. The second-order valence-corrected chi connectivity index (χ2v) is 4.15. The number of hydrogen-bond donors (Lipinski definition) is 0. The van der Waals surface area contributed by atoms with Gasteiger partial charge in [0.2, 0.25) is 0 Å². The van der Waals surface area contributed by atoms with Crippen LogP contribution in [0.1, 0.15) is 33.1 Å². The quantitative estimate of drug-likeness (QED) is 0.543. The molecule has 1 heterocycles. The average molecular weight is 167 g/mol. The lowest BCUT2D eigenvalue weighted by molar-refractivity contribution is 0.349. The van der Waals surface area contributed by atoms with Gasteiger partial charge in [-0.15, -0.1) is 0 Å². The van der Waals surface area contributed by atoms with Gasteiger partial charge in [0.25, 0.3) is 0 Å². The predicted octanol–water partition coefficient (Wildman–Crippen LogP) is 2.68. The highest BCUT2D eigenvalue weighted by Gasteiger charge is 2.07. The van der Waals surface area contributed by atoms with E-state index in [1.807, 2.05) is 0 Å². The Morgan fingerprint density at radius 3 is 2.75 bits per heavy atom. The minimum Gasteiger partial charge on any atom is -0.303 e. The molecule has 0 aromatic carbocycles. The van der Waals surface area contributed by atoms with E-state index in [2.05, 4.69) is 31.9 Å². The van der Waals surface area contributed by atoms with Crippen molar-refractivity contribution < 1.29 is 0 Å². The molecule has 0 unspecified atom stereocenters. The van der Waals surface area contributed by atoms with E-state index in [4.69, 9.17) is 0 Å². The van der Waals surface area contributed by atoms with Gasteiger partial charge in [0.05, 0.1) is 0 Å². The zero-order valence-electron chi connectivity index (χ0n) is 8.64. The SMILES string of the molecule is CC(C)/C1=C/CN(C)CCCC1. The number of rotatable bonds is 1. The molecule has 0 aromatic heterocycles. The molecule has 1 heteroatoms. The third-order valence-corrected chi connectivity index (χ3v) is 2.66. The molecule has 0 aliphatic carbocycles. The number of nitrogens with zero attached hydrogens (tertiary/aromatic N) is 1. The molecule has 0 amide bonds. The van der Waals surface area contributed by atoms with Gasteiger partial charge in [-0.2, -0.15) is 0 Å². The third kappa shape index (κ3) is 2.98. The highest BCUT2D eigenvalue weighted by molar-refractivity contribution is 5.06. The van der Waals surface area contributed by atoms with Crippen molar-refractivity contribution in [2.75, 3.05) is 20.1 Å². The maximum absolute atomic E-state index is 2.42. The molecular formula is C11H21N. The van der Waals surface area contributed by atoms with Gasteiger partial charge in [-0.1, -0.05) is 25.5 Å². The summed E-state index contributed by atoms with van der Waals surface area (Å²) in [5, 5.41) is 0. The van der Waals surface area contributed by atoms with Crippen LogP contribution in [0.4, 0.5) is 0 Å². The molecule has 0 saturated heterocycles. The topological polar surface area (TPSA) is 3.24 Å². The van der Waals surface area contributed by atoms with Crippen molar-refractivity contribution >= 4 is 0 Å². The number of likely N-dealkylation sites (N-methyl/N-ethyl adjacent to an activating group) is 1. The predicted molar refractivity (Wildman–Crippen MR) is 54.3 cm³/mol. The van der Waals surface area contributed by atoms with E-state index in [0.29, 0.717) is 0 Å². The van der Waals surface area contributed by atoms with Crippen LogP contribution < -0.4 is 0 Å².